The highest BCUT2D eigenvalue weighted by Gasteiger charge is 2.20. The molecule has 0 unspecified atom stereocenters. The molecule has 35 heavy (non-hydrogen) atoms. The summed E-state index contributed by atoms with van der Waals surface area (Å²) in [5.74, 6) is 1.17. The molecular weight excluding hydrogens is 482 g/mol. The molecule has 176 valence electrons. The molecule has 2 heterocycles. The van der Waals surface area contributed by atoms with Crippen molar-refractivity contribution in [2.24, 2.45) is 0 Å². The zero-order chi connectivity index (χ0) is 24.4. The molecule has 7 nitrogen and oxygen atoms in total. The lowest BCUT2D eigenvalue weighted by Crippen LogP contribution is -2.15. The van der Waals surface area contributed by atoms with E-state index in [0.717, 1.165) is 27.7 Å². The lowest BCUT2D eigenvalue weighted by Gasteiger charge is -2.12. The van der Waals surface area contributed by atoms with Crippen molar-refractivity contribution in [3.8, 4) is 22.8 Å². The van der Waals surface area contributed by atoms with Gasteiger partial charge in [-0.05, 0) is 48.9 Å². The van der Waals surface area contributed by atoms with Gasteiger partial charge in [-0.3, -0.25) is 9.36 Å². The minimum absolute atomic E-state index is 0.132. The van der Waals surface area contributed by atoms with Crippen LogP contribution in [0, 0.1) is 6.92 Å². The van der Waals surface area contributed by atoms with Crippen molar-refractivity contribution in [2.45, 2.75) is 12.1 Å². The molecule has 0 atom stereocenters. The van der Waals surface area contributed by atoms with Crippen LogP contribution in [0.25, 0.3) is 28.0 Å². The van der Waals surface area contributed by atoms with Crippen molar-refractivity contribution in [1.29, 1.82) is 0 Å². The second-order valence-electron chi connectivity index (χ2n) is 7.91. The van der Waals surface area contributed by atoms with Gasteiger partial charge in [0.05, 0.1) is 18.6 Å². The van der Waals surface area contributed by atoms with E-state index < -0.39 is 0 Å². The number of hydrogen-bond donors (Lipinski definition) is 2. The van der Waals surface area contributed by atoms with E-state index in [9.17, 15) is 4.79 Å². The third-order valence-electron chi connectivity index (χ3n) is 5.49. The van der Waals surface area contributed by atoms with Gasteiger partial charge in [-0.2, -0.15) is 0 Å². The molecule has 0 aliphatic heterocycles. The number of carbonyl (C=O) groups excluding carboxylic acids is 1. The number of aromatic nitrogens is 4. The predicted molar refractivity (Wildman–Crippen MR) is 141 cm³/mol. The number of hydrogen-bond acceptors (Lipinski definition) is 5. The maximum atomic E-state index is 12.8. The van der Waals surface area contributed by atoms with Crippen LogP contribution >= 0.6 is 23.4 Å². The minimum Gasteiger partial charge on any atom is -0.495 e. The van der Waals surface area contributed by atoms with Crippen LogP contribution < -0.4 is 10.1 Å². The highest BCUT2D eigenvalue weighted by atomic mass is 35.5. The lowest BCUT2D eigenvalue weighted by atomic mass is 10.1. The topological polar surface area (TPSA) is 84.8 Å². The molecule has 0 aliphatic rings. The SMILES string of the molecule is COc1ccc(Cl)cc1NC(=O)CSc1nnc(-c2c[nH]c3ccccc23)n1-c1cccc(C)c1. The number of para-hydroxylation sites is 1. The van der Waals surface area contributed by atoms with Crippen LogP contribution in [0.3, 0.4) is 0 Å². The third-order valence-corrected chi connectivity index (χ3v) is 6.66. The van der Waals surface area contributed by atoms with Gasteiger partial charge in [-0.25, -0.2) is 0 Å². The normalized spacial score (nSPS) is 11.1. The second-order valence-corrected chi connectivity index (χ2v) is 9.29. The van der Waals surface area contributed by atoms with Crippen LogP contribution in [-0.4, -0.2) is 38.5 Å². The number of methoxy groups -OCH3 is 1. The largest absolute Gasteiger partial charge is 0.495 e. The fourth-order valence-electron chi connectivity index (χ4n) is 3.89. The van der Waals surface area contributed by atoms with Crippen LogP contribution in [0.15, 0.2) is 78.1 Å². The Labute approximate surface area is 211 Å². The van der Waals surface area contributed by atoms with Gasteiger partial charge >= 0.3 is 0 Å². The second kappa shape index (κ2) is 9.85. The molecule has 0 bridgehead atoms. The van der Waals surface area contributed by atoms with Crippen LogP contribution in [0.2, 0.25) is 5.02 Å². The Kier molecular flexibility index (Phi) is 6.48. The zero-order valence-electron chi connectivity index (χ0n) is 19.1. The number of aromatic amines is 1. The first-order valence-corrected chi connectivity index (χ1v) is 12.2. The number of aryl methyl sites for hydroxylation is 1. The monoisotopic (exact) mass is 503 g/mol. The number of benzene rings is 3. The number of thioether (sulfide) groups is 1. The number of nitrogens with zero attached hydrogens (tertiary/aromatic N) is 3. The van der Waals surface area contributed by atoms with E-state index in [1.165, 1.54) is 11.8 Å². The number of carbonyl (C=O) groups is 1. The van der Waals surface area contributed by atoms with Crippen LogP contribution in [0.4, 0.5) is 5.69 Å². The van der Waals surface area contributed by atoms with Gasteiger partial charge in [-0.15, -0.1) is 10.2 Å². The minimum atomic E-state index is -0.206. The Morgan fingerprint density at radius 2 is 1.97 bits per heavy atom. The average molecular weight is 504 g/mol. The van der Waals surface area contributed by atoms with Gasteiger partial charge in [0.15, 0.2) is 11.0 Å². The summed E-state index contributed by atoms with van der Waals surface area (Å²) in [6, 6.07) is 21.3. The van der Waals surface area contributed by atoms with E-state index in [1.54, 1.807) is 25.3 Å². The summed E-state index contributed by atoms with van der Waals surface area (Å²) in [5.41, 5.74) is 4.52. The molecular formula is C26H22ClN5O2S. The first-order chi connectivity index (χ1) is 17.0. The number of rotatable bonds is 7. The van der Waals surface area contributed by atoms with E-state index in [-0.39, 0.29) is 11.7 Å². The Morgan fingerprint density at radius 3 is 2.80 bits per heavy atom. The Morgan fingerprint density at radius 1 is 1.11 bits per heavy atom. The molecule has 9 heteroatoms. The van der Waals surface area contributed by atoms with E-state index >= 15 is 0 Å². The van der Waals surface area contributed by atoms with Gasteiger partial charge in [0.25, 0.3) is 0 Å². The number of fused-ring (bicyclic) bond motifs is 1. The Hall–Kier alpha value is -3.75. The van der Waals surface area contributed by atoms with Crippen molar-refractivity contribution in [3.05, 3.63) is 83.5 Å². The molecule has 0 aliphatic carbocycles. The van der Waals surface area contributed by atoms with Crippen LogP contribution in [-0.2, 0) is 4.79 Å². The summed E-state index contributed by atoms with van der Waals surface area (Å²) in [6.45, 7) is 2.04. The summed E-state index contributed by atoms with van der Waals surface area (Å²) < 4.78 is 7.31. The van der Waals surface area contributed by atoms with Crippen molar-refractivity contribution < 1.29 is 9.53 Å². The summed E-state index contributed by atoms with van der Waals surface area (Å²) in [5, 5.41) is 14.0. The maximum absolute atomic E-state index is 12.8. The summed E-state index contributed by atoms with van der Waals surface area (Å²) in [4.78, 5) is 16.1. The molecule has 0 saturated carbocycles. The maximum Gasteiger partial charge on any atom is 0.234 e. The van der Waals surface area contributed by atoms with Gasteiger partial charge in [0.2, 0.25) is 5.91 Å². The van der Waals surface area contributed by atoms with Gasteiger partial charge < -0.3 is 15.0 Å². The lowest BCUT2D eigenvalue weighted by molar-refractivity contribution is -0.113. The Bertz CT molecular complexity index is 1530. The summed E-state index contributed by atoms with van der Waals surface area (Å²) in [6.07, 6.45) is 1.94. The summed E-state index contributed by atoms with van der Waals surface area (Å²) >= 11 is 7.40. The third kappa shape index (κ3) is 4.76. The van der Waals surface area contributed by atoms with E-state index in [2.05, 4.69) is 32.6 Å². The van der Waals surface area contributed by atoms with Crippen molar-refractivity contribution >= 4 is 45.9 Å². The average Bonchev–Trinajstić information content (AvgIpc) is 3.47. The van der Waals surface area contributed by atoms with E-state index in [1.807, 2.05) is 54.1 Å². The zero-order valence-corrected chi connectivity index (χ0v) is 20.7. The fraction of sp³-hybridized carbons (Fsp3) is 0.115. The first-order valence-electron chi connectivity index (χ1n) is 10.9. The van der Waals surface area contributed by atoms with Gasteiger partial charge in [-0.1, -0.05) is 53.7 Å². The fourth-order valence-corrected chi connectivity index (χ4v) is 4.81. The smallest absolute Gasteiger partial charge is 0.234 e. The number of ether oxygens (including phenoxy) is 1. The molecule has 0 spiro atoms. The quantitative estimate of drug-likeness (QED) is 0.261. The molecule has 3 aromatic carbocycles. The molecule has 5 aromatic rings. The van der Waals surface area contributed by atoms with Crippen LogP contribution in [0.1, 0.15) is 5.56 Å². The van der Waals surface area contributed by atoms with E-state index in [4.69, 9.17) is 16.3 Å². The molecule has 2 N–H and O–H groups in total. The Balaban J connectivity index is 1.47. The molecule has 5 rings (SSSR count). The van der Waals surface area contributed by atoms with Gasteiger partial charge in [0, 0.05) is 33.4 Å². The standard InChI is InChI=1S/C26H22ClN5O2S/c1-16-6-5-7-18(12-16)32-25(20-14-28-21-9-4-3-8-19(20)21)30-31-26(32)35-15-24(33)29-22-13-17(27)10-11-23(22)34-2/h3-14,28H,15H2,1-2H3,(H,29,33). The number of anilines is 1. The highest BCUT2D eigenvalue weighted by molar-refractivity contribution is 7.99. The first kappa shape index (κ1) is 23.0. The van der Waals surface area contributed by atoms with Crippen LogP contribution in [0.5, 0.6) is 5.75 Å². The number of amides is 1. The molecule has 0 fully saturated rings. The molecule has 0 saturated heterocycles. The van der Waals surface area contributed by atoms with E-state index in [0.29, 0.717) is 27.4 Å². The molecule has 1 amide bonds. The summed E-state index contributed by atoms with van der Waals surface area (Å²) in [7, 11) is 1.55. The highest BCUT2D eigenvalue weighted by Crippen LogP contribution is 2.33. The number of nitrogens with one attached hydrogen (secondary N) is 2. The van der Waals surface area contributed by atoms with Crippen molar-refractivity contribution in [1.82, 2.24) is 19.7 Å². The molecule has 2 aromatic heterocycles. The van der Waals surface area contributed by atoms with Crippen molar-refractivity contribution in [3.63, 3.8) is 0 Å². The number of H-pyrrole nitrogens is 1. The van der Waals surface area contributed by atoms with Crippen molar-refractivity contribution in [2.75, 3.05) is 18.2 Å². The predicted octanol–water partition coefficient (Wildman–Crippen LogP) is 6.12. The van der Waals surface area contributed by atoms with Gasteiger partial charge in [0.1, 0.15) is 5.75 Å². The number of halogens is 1. The molecule has 0 radical (unpaired) electrons.